The summed E-state index contributed by atoms with van der Waals surface area (Å²) in [5.74, 6) is -1.23. The van der Waals surface area contributed by atoms with Crippen LogP contribution in [0, 0.1) is 5.82 Å². The van der Waals surface area contributed by atoms with Crippen molar-refractivity contribution in [3.63, 3.8) is 0 Å². The third-order valence-corrected chi connectivity index (χ3v) is 7.91. The van der Waals surface area contributed by atoms with E-state index in [4.69, 9.17) is 11.6 Å². The first-order valence-electron chi connectivity index (χ1n) is 11.1. The molecule has 3 aromatic rings. The molecule has 1 fully saturated rings. The number of nitrogens with one attached hydrogen (secondary N) is 1. The van der Waals surface area contributed by atoms with Gasteiger partial charge in [-0.05, 0) is 61.6 Å². The van der Waals surface area contributed by atoms with Crippen molar-refractivity contribution in [2.24, 2.45) is 0 Å². The molecule has 1 amide bonds. The summed E-state index contributed by atoms with van der Waals surface area (Å²) < 4.78 is 41.4. The molecule has 1 N–H and O–H groups in total. The maximum atomic E-state index is 13.7. The van der Waals surface area contributed by atoms with Crippen LogP contribution >= 0.6 is 11.6 Å². The Kier molecular flexibility index (Phi) is 7.59. The number of halogens is 2. The fourth-order valence-electron chi connectivity index (χ4n) is 3.83. The lowest BCUT2D eigenvalue weighted by molar-refractivity contribution is -0.114. The number of likely N-dealkylation sites (N-methyl/N-ethyl adjacent to an activating group) is 1. The van der Waals surface area contributed by atoms with E-state index in [1.165, 1.54) is 24.3 Å². The van der Waals surface area contributed by atoms with Gasteiger partial charge in [0.1, 0.15) is 12.4 Å². The second-order valence-corrected chi connectivity index (χ2v) is 10.6. The first-order valence-corrected chi connectivity index (χ1v) is 12.9. The third kappa shape index (κ3) is 5.93. The number of carbonyl (C=O) groups excluding carboxylic acids is 1. The highest BCUT2D eigenvalue weighted by Crippen LogP contribution is 2.28. The van der Waals surface area contributed by atoms with Gasteiger partial charge in [0.25, 0.3) is 10.0 Å². The van der Waals surface area contributed by atoms with Crippen molar-refractivity contribution < 1.29 is 17.6 Å². The molecule has 0 aromatic heterocycles. The summed E-state index contributed by atoms with van der Waals surface area (Å²) in [6.45, 7) is 3.30. The van der Waals surface area contributed by atoms with E-state index in [0.29, 0.717) is 5.69 Å². The average molecular weight is 517 g/mol. The van der Waals surface area contributed by atoms with Crippen molar-refractivity contribution in [3.8, 4) is 0 Å². The molecular formula is C25H26ClFN4O3S. The van der Waals surface area contributed by atoms with Crippen LogP contribution in [-0.2, 0) is 14.8 Å². The topological polar surface area (TPSA) is 73.0 Å². The molecule has 1 aliphatic rings. The molecule has 0 aliphatic carbocycles. The van der Waals surface area contributed by atoms with Crippen LogP contribution in [0.4, 0.5) is 21.5 Å². The van der Waals surface area contributed by atoms with Crippen molar-refractivity contribution in [2.75, 3.05) is 54.3 Å². The highest BCUT2D eigenvalue weighted by Gasteiger charge is 2.28. The number of rotatable bonds is 7. The van der Waals surface area contributed by atoms with E-state index in [0.717, 1.165) is 42.2 Å². The van der Waals surface area contributed by atoms with Crippen molar-refractivity contribution in [1.29, 1.82) is 0 Å². The van der Waals surface area contributed by atoms with Crippen LogP contribution in [0.3, 0.4) is 0 Å². The highest BCUT2D eigenvalue weighted by atomic mass is 35.5. The second-order valence-electron chi connectivity index (χ2n) is 8.31. The molecule has 4 rings (SSSR count). The maximum absolute atomic E-state index is 13.7. The van der Waals surface area contributed by atoms with Crippen LogP contribution in [0.15, 0.2) is 77.7 Å². The van der Waals surface area contributed by atoms with Crippen LogP contribution < -0.4 is 14.5 Å². The Morgan fingerprint density at radius 3 is 2.29 bits per heavy atom. The van der Waals surface area contributed by atoms with Crippen LogP contribution in [0.25, 0.3) is 0 Å². The van der Waals surface area contributed by atoms with Gasteiger partial charge in [-0.15, -0.1) is 0 Å². The zero-order chi connectivity index (χ0) is 25.0. The lowest BCUT2D eigenvalue weighted by atomic mass is 10.2. The van der Waals surface area contributed by atoms with Gasteiger partial charge >= 0.3 is 0 Å². The van der Waals surface area contributed by atoms with Crippen LogP contribution in [0.1, 0.15) is 0 Å². The summed E-state index contributed by atoms with van der Waals surface area (Å²) in [6, 6.07) is 18.7. The molecule has 10 heteroatoms. The molecule has 0 atom stereocenters. The van der Waals surface area contributed by atoms with Gasteiger partial charge in [0.05, 0.1) is 15.6 Å². The van der Waals surface area contributed by atoms with Gasteiger partial charge < -0.3 is 15.1 Å². The molecule has 0 radical (unpaired) electrons. The standard InChI is InChI=1S/C25H26ClFN4O3S/c1-29-13-15-30(16-14-29)20-9-7-19(8-10-20)28-25(32)18-31(21-11-12-24(27)23(26)17-21)35(33,34)22-5-3-2-4-6-22/h2-12,17H,13-16,18H2,1H3,(H,28,32). The van der Waals surface area contributed by atoms with Crippen LogP contribution in [0.5, 0.6) is 0 Å². The quantitative estimate of drug-likeness (QED) is 0.512. The van der Waals surface area contributed by atoms with Crippen LogP contribution in [-0.4, -0.2) is 59.0 Å². The molecule has 1 heterocycles. The third-order valence-electron chi connectivity index (χ3n) is 5.83. The minimum Gasteiger partial charge on any atom is -0.369 e. The van der Waals surface area contributed by atoms with E-state index in [-0.39, 0.29) is 15.6 Å². The number of anilines is 3. The van der Waals surface area contributed by atoms with Gasteiger partial charge in [-0.1, -0.05) is 29.8 Å². The molecule has 35 heavy (non-hydrogen) atoms. The van der Waals surface area contributed by atoms with E-state index >= 15 is 0 Å². The number of carbonyl (C=O) groups is 1. The normalized spacial score (nSPS) is 14.5. The lowest BCUT2D eigenvalue weighted by Crippen LogP contribution is -2.44. The molecule has 1 aliphatic heterocycles. The van der Waals surface area contributed by atoms with Gasteiger partial charge in [0.2, 0.25) is 5.91 Å². The Morgan fingerprint density at radius 2 is 1.66 bits per heavy atom. The Labute approximate surface area is 209 Å². The number of benzene rings is 3. The first kappa shape index (κ1) is 25.0. The maximum Gasteiger partial charge on any atom is 0.264 e. The number of hydrogen-bond donors (Lipinski definition) is 1. The predicted molar refractivity (Wildman–Crippen MR) is 137 cm³/mol. The molecule has 7 nitrogen and oxygen atoms in total. The Bertz CT molecular complexity index is 1280. The largest absolute Gasteiger partial charge is 0.369 e. The zero-order valence-electron chi connectivity index (χ0n) is 19.2. The summed E-state index contributed by atoms with van der Waals surface area (Å²) in [6.07, 6.45) is 0. The molecular weight excluding hydrogens is 491 g/mol. The minimum absolute atomic E-state index is 0.00442. The van der Waals surface area contributed by atoms with Gasteiger partial charge in [-0.25, -0.2) is 12.8 Å². The van der Waals surface area contributed by atoms with Crippen molar-refractivity contribution in [3.05, 3.63) is 83.6 Å². The molecule has 1 saturated heterocycles. The number of piperazine rings is 1. The van der Waals surface area contributed by atoms with E-state index in [9.17, 15) is 17.6 Å². The minimum atomic E-state index is -4.12. The Hall–Kier alpha value is -3.14. The summed E-state index contributed by atoms with van der Waals surface area (Å²) in [5.41, 5.74) is 1.69. The monoisotopic (exact) mass is 516 g/mol. The fourth-order valence-corrected chi connectivity index (χ4v) is 5.43. The number of nitrogens with zero attached hydrogens (tertiary/aromatic N) is 3. The molecule has 0 spiro atoms. The van der Waals surface area contributed by atoms with Gasteiger partial charge in [0, 0.05) is 37.6 Å². The SMILES string of the molecule is CN1CCN(c2ccc(NC(=O)CN(c3ccc(F)c(Cl)c3)S(=O)(=O)c3ccccc3)cc2)CC1. The molecule has 3 aromatic carbocycles. The molecule has 0 saturated carbocycles. The molecule has 0 bridgehead atoms. The lowest BCUT2D eigenvalue weighted by Gasteiger charge is -2.34. The van der Waals surface area contributed by atoms with Gasteiger partial charge in [-0.2, -0.15) is 0 Å². The van der Waals surface area contributed by atoms with E-state index in [2.05, 4.69) is 22.2 Å². The first-order chi connectivity index (χ1) is 16.7. The van der Waals surface area contributed by atoms with Crippen molar-refractivity contribution >= 4 is 44.6 Å². The van der Waals surface area contributed by atoms with E-state index in [1.807, 2.05) is 12.1 Å². The van der Waals surface area contributed by atoms with Gasteiger partial charge in [0.15, 0.2) is 0 Å². The smallest absolute Gasteiger partial charge is 0.264 e. The summed E-state index contributed by atoms with van der Waals surface area (Å²) in [5, 5.41) is 2.51. The summed E-state index contributed by atoms with van der Waals surface area (Å²) >= 11 is 5.90. The fraction of sp³-hybridized carbons (Fsp3) is 0.240. The second kappa shape index (κ2) is 10.6. The van der Waals surface area contributed by atoms with Gasteiger partial charge in [-0.3, -0.25) is 9.10 Å². The van der Waals surface area contributed by atoms with Crippen LogP contribution in [0.2, 0.25) is 5.02 Å². The highest BCUT2D eigenvalue weighted by molar-refractivity contribution is 7.92. The van der Waals surface area contributed by atoms with E-state index in [1.54, 1.807) is 30.3 Å². The Morgan fingerprint density at radius 1 is 1.00 bits per heavy atom. The summed E-state index contributed by atoms with van der Waals surface area (Å²) in [4.78, 5) is 17.5. The van der Waals surface area contributed by atoms with Crippen molar-refractivity contribution in [1.82, 2.24) is 4.90 Å². The molecule has 184 valence electrons. The number of sulfonamides is 1. The van der Waals surface area contributed by atoms with E-state index < -0.39 is 28.3 Å². The Balaban J connectivity index is 1.53. The average Bonchev–Trinajstić information content (AvgIpc) is 2.86. The molecule has 0 unspecified atom stereocenters. The summed E-state index contributed by atoms with van der Waals surface area (Å²) in [7, 11) is -2.02. The number of amides is 1. The zero-order valence-corrected chi connectivity index (χ0v) is 20.8. The number of hydrogen-bond acceptors (Lipinski definition) is 5. The van der Waals surface area contributed by atoms with Crippen molar-refractivity contribution in [2.45, 2.75) is 4.90 Å². The predicted octanol–water partition coefficient (Wildman–Crippen LogP) is 4.06.